The third-order valence-corrected chi connectivity index (χ3v) is 2.87. The van der Waals surface area contributed by atoms with Gasteiger partial charge in [-0.05, 0) is 31.2 Å². The fourth-order valence-electron chi connectivity index (χ4n) is 1.93. The molecule has 0 atom stereocenters. The van der Waals surface area contributed by atoms with E-state index < -0.39 is 0 Å². The number of rotatable bonds is 0. The van der Waals surface area contributed by atoms with E-state index in [9.17, 15) is 0 Å². The van der Waals surface area contributed by atoms with Crippen molar-refractivity contribution in [3.05, 3.63) is 40.7 Å². The van der Waals surface area contributed by atoms with Crippen LogP contribution in [0, 0.1) is 0 Å². The first-order valence-electron chi connectivity index (χ1n) is 4.84. The van der Waals surface area contributed by atoms with Gasteiger partial charge in [0.2, 0.25) is 0 Å². The Kier molecular flexibility index (Phi) is 1.80. The zero-order valence-corrected chi connectivity index (χ0v) is 9.08. The van der Waals surface area contributed by atoms with Gasteiger partial charge in [-0.3, -0.25) is 0 Å². The minimum atomic E-state index is 0.634. The van der Waals surface area contributed by atoms with E-state index in [2.05, 4.69) is 10.6 Å². The molecule has 0 unspecified atom stereocenters. The summed E-state index contributed by atoms with van der Waals surface area (Å²) in [5, 5.41) is 1.93. The molecule has 0 amide bonds. The number of aromatic nitrogens is 1. The minimum Gasteiger partial charge on any atom is -0.490 e. The highest BCUT2D eigenvalue weighted by Gasteiger charge is 2.12. The van der Waals surface area contributed by atoms with E-state index in [1.807, 2.05) is 31.3 Å². The molecule has 0 fully saturated rings. The summed E-state index contributed by atoms with van der Waals surface area (Å²) in [6.07, 6.45) is 2.01. The lowest BCUT2D eigenvalue weighted by molar-refractivity contribution is 0.190. The van der Waals surface area contributed by atoms with Gasteiger partial charge in [0.15, 0.2) is 0 Å². The molecule has 2 heterocycles. The highest BCUT2D eigenvalue weighted by atomic mass is 35.5. The second-order valence-electron chi connectivity index (χ2n) is 3.74. The molecule has 1 aliphatic rings. The smallest absolute Gasteiger partial charge is 0.128 e. The molecule has 1 aliphatic heterocycles. The molecule has 1 aromatic carbocycles. The first-order valence-corrected chi connectivity index (χ1v) is 5.22. The number of allylic oxidation sites excluding steroid dienone is 1. The van der Waals surface area contributed by atoms with Crippen LogP contribution < -0.4 is 0 Å². The fraction of sp³-hybridized carbons (Fsp3) is 0.167. The van der Waals surface area contributed by atoms with Crippen molar-refractivity contribution in [1.82, 2.24) is 4.57 Å². The Bertz CT molecular complexity index is 568. The quantitative estimate of drug-likeness (QED) is 0.660. The van der Waals surface area contributed by atoms with E-state index in [0.29, 0.717) is 6.61 Å². The molecule has 0 saturated carbocycles. The average molecular weight is 220 g/mol. The third kappa shape index (κ3) is 1.33. The van der Waals surface area contributed by atoms with Gasteiger partial charge in [0.05, 0.1) is 11.2 Å². The van der Waals surface area contributed by atoms with Crippen molar-refractivity contribution < 1.29 is 4.74 Å². The molecule has 0 radical (unpaired) electrons. The van der Waals surface area contributed by atoms with Crippen molar-refractivity contribution >= 4 is 28.7 Å². The van der Waals surface area contributed by atoms with Crippen molar-refractivity contribution in [2.45, 2.75) is 13.5 Å². The van der Waals surface area contributed by atoms with Gasteiger partial charge in [-0.15, -0.1) is 0 Å². The number of hydrogen-bond donors (Lipinski definition) is 0. The molecule has 0 saturated heterocycles. The Labute approximate surface area is 92.7 Å². The van der Waals surface area contributed by atoms with Gasteiger partial charge in [0.25, 0.3) is 0 Å². The zero-order chi connectivity index (χ0) is 10.4. The molecule has 76 valence electrons. The first-order chi connectivity index (χ1) is 7.24. The molecule has 0 N–H and O–H groups in total. The lowest BCUT2D eigenvalue weighted by Gasteiger charge is -2.14. The normalized spacial score (nSPS) is 14.7. The SMILES string of the molecule is CC1=Cn2c(cc3cc(Cl)ccc32)CO1. The first kappa shape index (κ1) is 8.86. The largest absolute Gasteiger partial charge is 0.490 e. The van der Waals surface area contributed by atoms with E-state index in [4.69, 9.17) is 16.3 Å². The van der Waals surface area contributed by atoms with Gasteiger partial charge in [0.1, 0.15) is 12.4 Å². The second-order valence-corrected chi connectivity index (χ2v) is 4.17. The van der Waals surface area contributed by atoms with Gasteiger partial charge in [-0.2, -0.15) is 0 Å². The van der Waals surface area contributed by atoms with Crippen molar-refractivity contribution in [2.24, 2.45) is 0 Å². The van der Waals surface area contributed by atoms with Gasteiger partial charge >= 0.3 is 0 Å². The number of halogens is 1. The van der Waals surface area contributed by atoms with Crippen LogP contribution in [-0.4, -0.2) is 4.57 Å². The van der Waals surface area contributed by atoms with Gasteiger partial charge < -0.3 is 9.30 Å². The number of hydrogen-bond acceptors (Lipinski definition) is 1. The van der Waals surface area contributed by atoms with Crippen LogP contribution >= 0.6 is 11.6 Å². The Morgan fingerprint density at radius 1 is 1.33 bits per heavy atom. The Hall–Kier alpha value is -1.41. The van der Waals surface area contributed by atoms with Crippen molar-refractivity contribution in [1.29, 1.82) is 0 Å². The predicted octanol–water partition coefficient (Wildman–Crippen LogP) is 3.64. The minimum absolute atomic E-state index is 0.634. The lowest BCUT2D eigenvalue weighted by Crippen LogP contribution is -2.04. The van der Waals surface area contributed by atoms with Gasteiger partial charge in [0, 0.05) is 16.6 Å². The maximum absolute atomic E-state index is 5.96. The molecular formula is C12H10ClNO. The maximum atomic E-state index is 5.96. The summed E-state index contributed by atoms with van der Waals surface area (Å²) >= 11 is 5.96. The summed E-state index contributed by atoms with van der Waals surface area (Å²) < 4.78 is 7.63. The molecule has 3 rings (SSSR count). The number of benzene rings is 1. The van der Waals surface area contributed by atoms with Crippen molar-refractivity contribution in [3.8, 4) is 0 Å². The number of nitrogens with zero attached hydrogens (tertiary/aromatic N) is 1. The molecule has 2 nitrogen and oxygen atoms in total. The molecule has 2 aromatic rings. The standard InChI is InChI=1S/C12H10ClNO/c1-8-6-14-11(7-15-8)5-9-4-10(13)2-3-12(9)14/h2-6H,7H2,1H3. The highest BCUT2D eigenvalue weighted by Crippen LogP contribution is 2.27. The van der Waals surface area contributed by atoms with E-state index in [1.165, 1.54) is 5.52 Å². The third-order valence-electron chi connectivity index (χ3n) is 2.64. The number of ether oxygens (including phenoxy) is 1. The summed E-state index contributed by atoms with van der Waals surface area (Å²) in [6, 6.07) is 8.04. The summed E-state index contributed by atoms with van der Waals surface area (Å²) in [5.74, 6) is 0.940. The lowest BCUT2D eigenvalue weighted by atomic mass is 10.2. The van der Waals surface area contributed by atoms with Crippen LogP contribution in [0.5, 0.6) is 0 Å². The summed E-state index contributed by atoms with van der Waals surface area (Å²) in [4.78, 5) is 0. The van der Waals surface area contributed by atoms with Crippen LogP contribution in [0.25, 0.3) is 17.1 Å². The predicted molar refractivity (Wildman–Crippen MR) is 61.7 cm³/mol. The average Bonchev–Trinajstić information content (AvgIpc) is 2.54. The second kappa shape index (κ2) is 3.04. The van der Waals surface area contributed by atoms with Crippen LogP contribution in [0.2, 0.25) is 5.02 Å². The van der Waals surface area contributed by atoms with E-state index in [0.717, 1.165) is 21.9 Å². The van der Waals surface area contributed by atoms with E-state index in [-0.39, 0.29) is 0 Å². The fourth-order valence-corrected chi connectivity index (χ4v) is 2.12. The highest BCUT2D eigenvalue weighted by molar-refractivity contribution is 6.31. The Balaban J connectivity index is 2.34. The summed E-state index contributed by atoms with van der Waals surface area (Å²) in [6.45, 7) is 2.60. The topological polar surface area (TPSA) is 14.2 Å². The summed E-state index contributed by atoms with van der Waals surface area (Å²) in [7, 11) is 0. The maximum Gasteiger partial charge on any atom is 0.128 e. The molecule has 15 heavy (non-hydrogen) atoms. The summed E-state index contributed by atoms with van der Waals surface area (Å²) in [5.41, 5.74) is 2.34. The molecule has 0 aliphatic carbocycles. The van der Waals surface area contributed by atoms with E-state index >= 15 is 0 Å². The monoisotopic (exact) mass is 219 g/mol. The van der Waals surface area contributed by atoms with Crippen LogP contribution in [0.1, 0.15) is 12.6 Å². The van der Waals surface area contributed by atoms with Gasteiger partial charge in [-0.25, -0.2) is 0 Å². The van der Waals surface area contributed by atoms with Crippen LogP contribution in [0.3, 0.4) is 0 Å². The Morgan fingerprint density at radius 2 is 2.20 bits per heavy atom. The van der Waals surface area contributed by atoms with Crippen molar-refractivity contribution in [3.63, 3.8) is 0 Å². The van der Waals surface area contributed by atoms with Crippen LogP contribution in [-0.2, 0) is 11.3 Å². The molecular weight excluding hydrogens is 210 g/mol. The van der Waals surface area contributed by atoms with Crippen molar-refractivity contribution in [2.75, 3.05) is 0 Å². The van der Waals surface area contributed by atoms with Gasteiger partial charge in [-0.1, -0.05) is 11.6 Å². The molecule has 1 aromatic heterocycles. The molecule has 3 heteroatoms. The van der Waals surface area contributed by atoms with Crippen LogP contribution in [0.4, 0.5) is 0 Å². The number of fused-ring (bicyclic) bond motifs is 3. The Morgan fingerprint density at radius 3 is 3.07 bits per heavy atom. The molecule has 0 spiro atoms. The van der Waals surface area contributed by atoms with E-state index in [1.54, 1.807) is 0 Å². The zero-order valence-electron chi connectivity index (χ0n) is 8.33. The van der Waals surface area contributed by atoms with Crippen LogP contribution in [0.15, 0.2) is 30.0 Å². The molecule has 0 bridgehead atoms.